The number of hydrogen-bond acceptors (Lipinski definition) is 7. The Labute approximate surface area is 298 Å². The zero-order chi connectivity index (χ0) is 34.7. The second-order valence-electron chi connectivity index (χ2n) is 11.2. The number of benzene rings is 5. The minimum atomic E-state index is -0.499. The van der Waals surface area contributed by atoms with Crippen molar-refractivity contribution in [2.45, 2.75) is 30.1 Å². The van der Waals surface area contributed by atoms with Gasteiger partial charge in [0.15, 0.2) is 5.13 Å². The molecule has 0 spiro atoms. The molecule has 3 N–H and O–H groups in total. The first-order valence-electron chi connectivity index (χ1n) is 16.0. The van der Waals surface area contributed by atoms with Gasteiger partial charge in [-0.3, -0.25) is 14.4 Å². The van der Waals surface area contributed by atoms with Crippen LogP contribution in [0.3, 0.4) is 0 Å². The van der Waals surface area contributed by atoms with Gasteiger partial charge in [-0.05, 0) is 78.2 Å². The first kappa shape index (κ1) is 34.2. The van der Waals surface area contributed by atoms with Gasteiger partial charge < -0.3 is 20.7 Å². The summed E-state index contributed by atoms with van der Waals surface area (Å²) in [4.78, 5) is 45.4. The van der Waals surface area contributed by atoms with Crippen LogP contribution in [0.2, 0.25) is 0 Å². The first-order chi connectivity index (χ1) is 24.4. The number of nitrogens with zero attached hydrogens (tertiary/aromatic N) is 1. The Balaban J connectivity index is 1.15. The quantitative estimate of drug-likeness (QED) is 0.0822. The van der Waals surface area contributed by atoms with E-state index in [4.69, 9.17) is 4.74 Å². The number of thioether (sulfide) groups is 1. The van der Waals surface area contributed by atoms with Crippen LogP contribution in [0, 0.1) is 0 Å². The number of nitrogens with one attached hydrogen (secondary N) is 3. The molecular formula is C40H34N4O4S2. The van der Waals surface area contributed by atoms with Crippen molar-refractivity contribution in [1.29, 1.82) is 0 Å². The van der Waals surface area contributed by atoms with Gasteiger partial charge in [0.1, 0.15) is 18.1 Å². The van der Waals surface area contributed by atoms with E-state index >= 15 is 0 Å². The predicted molar refractivity (Wildman–Crippen MR) is 202 cm³/mol. The van der Waals surface area contributed by atoms with Gasteiger partial charge in [0.25, 0.3) is 11.8 Å². The molecule has 1 heterocycles. The van der Waals surface area contributed by atoms with Crippen molar-refractivity contribution in [3.05, 3.63) is 156 Å². The van der Waals surface area contributed by atoms with Crippen molar-refractivity contribution in [2.24, 2.45) is 0 Å². The monoisotopic (exact) mass is 698 g/mol. The number of ether oxygens (including phenoxy) is 1. The number of carbonyl (C=O) groups is 3. The standard InChI is InChI=1S/C40H34N4O4S2/c1-2-35(39(47)44-40-43-33-18-9-10-19-36(33)50-40)49-32-17-11-16-30(25-32)41-38(46)34(42-37(45)29-14-7-4-8-15-29)24-27-20-22-31(23-21-27)48-26-28-12-5-3-6-13-28/h3-25,35H,2,26H2,1H3,(H,41,46)(H,42,45)(H,43,44,47)/b34-24-. The van der Waals surface area contributed by atoms with Crippen molar-refractivity contribution in [3.63, 3.8) is 0 Å². The van der Waals surface area contributed by atoms with E-state index in [1.54, 1.807) is 36.4 Å². The summed E-state index contributed by atoms with van der Waals surface area (Å²) in [7, 11) is 0. The number of rotatable bonds is 13. The number of amides is 3. The average Bonchev–Trinajstić information content (AvgIpc) is 3.56. The fourth-order valence-corrected chi connectivity index (χ4v) is 6.84. The maximum absolute atomic E-state index is 13.7. The molecule has 5 aromatic carbocycles. The third-order valence-corrected chi connectivity index (χ3v) is 9.84. The maximum atomic E-state index is 13.7. The maximum Gasteiger partial charge on any atom is 0.272 e. The number of fused-ring (bicyclic) bond motifs is 1. The van der Waals surface area contributed by atoms with Gasteiger partial charge in [0.2, 0.25) is 5.91 Å². The molecule has 8 nitrogen and oxygen atoms in total. The third-order valence-electron chi connectivity index (χ3n) is 7.53. The van der Waals surface area contributed by atoms with E-state index in [9.17, 15) is 14.4 Å². The van der Waals surface area contributed by atoms with Crippen LogP contribution in [0.15, 0.2) is 144 Å². The van der Waals surface area contributed by atoms with E-state index in [1.165, 1.54) is 23.1 Å². The van der Waals surface area contributed by atoms with E-state index in [0.29, 0.717) is 40.7 Å². The normalized spacial score (nSPS) is 11.8. The molecule has 1 unspecified atom stereocenters. The Morgan fingerprint density at radius 3 is 2.28 bits per heavy atom. The topological polar surface area (TPSA) is 109 Å². The van der Waals surface area contributed by atoms with Gasteiger partial charge in [-0.15, -0.1) is 11.8 Å². The molecule has 250 valence electrons. The molecule has 0 saturated carbocycles. The molecule has 50 heavy (non-hydrogen) atoms. The van der Waals surface area contributed by atoms with Crippen molar-refractivity contribution in [2.75, 3.05) is 10.6 Å². The second-order valence-corrected chi connectivity index (χ2v) is 13.5. The highest BCUT2D eigenvalue weighted by Crippen LogP contribution is 2.31. The van der Waals surface area contributed by atoms with Crippen LogP contribution in [-0.4, -0.2) is 28.0 Å². The molecule has 0 fully saturated rings. The molecule has 0 aliphatic heterocycles. The number of para-hydroxylation sites is 1. The number of anilines is 2. The van der Waals surface area contributed by atoms with E-state index in [-0.39, 0.29) is 16.9 Å². The summed E-state index contributed by atoms with van der Waals surface area (Å²) < 4.78 is 6.91. The lowest BCUT2D eigenvalue weighted by molar-refractivity contribution is -0.116. The summed E-state index contributed by atoms with van der Waals surface area (Å²) in [5, 5.41) is 8.83. The fraction of sp³-hybridized carbons (Fsp3) is 0.100. The smallest absolute Gasteiger partial charge is 0.272 e. The molecule has 6 aromatic rings. The van der Waals surface area contributed by atoms with Crippen LogP contribution in [0.1, 0.15) is 34.8 Å². The Morgan fingerprint density at radius 1 is 0.820 bits per heavy atom. The van der Waals surface area contributed by atoms with E-state index in [0.717, 1.165) is 20.7 Å². The van der Waals surface area contributed by atoms with Crippen LogP contribution in [0.5, 0.6) is 5.75 Å². The van der Waals surface area contributed by atoms with E-state index in [2.05, 4.69) is 20.9 Å². The Kier molecular flexibility index (Phi) is 11.3. The molecular weight excluding hydrogens is 665 g/mol. The average molecular weight is 699 g/mol. The lowest BCUT2D eigenvalue weighted by atomic mass is 10.1. The summed E-state index contributed by atoms with van der Waals surface area (Å²) in [5.74, 6) is -0.374. The lowest BCUT2D eigenvalue weighted by Crippen LogP contribution is -2.30. The number of thiazole rings is 1. The zero-order valence-electron chi connectivity index (χ0n) is 27.2. The molecule has 0 aliphatic carbocycles. The van der Waals surface area contributed by atoms with Crippen LogP contribution in [0.25, 0.3) is 16.3 Å². The molecule has 10 heteroatoms. The van der Waals surface area contributed by atoms with E-state index in [1.807, 2.05) is 110 Å². The van der Waals surface area contributed by atoms with Crippen LogP contribution in [0.4, 0.5) is 10.8 Å². The number of hydrogen-bond donors (Lipinski definition) is 3. The summed E-state index contributed by atoms with van der Waals surface area (Å²) in [6.07, 6.45) is 2.21. The van der Waals surface area contributed by atoms with Gasteiger partial charge >= 0.3 is 0 Å². The highest BCUT2D eigenvalue weighted by molar-refractivity contribution is 8.00. The second kappa shape index (κ2) is 16.6. The van der Waals surface area contributed by atoms with Gasteiger partial charge in [0, 0.05) is 16.1 Å². The van der Waals surface area contributed by atoms with Gasteiger partial charge in [-0.25, -0.2) is 4.98 Å². The van der Waals surface area contributed by atoms with Gasteiger partial charge in [0.05, 0.1) is 15.5 Å². The van der Waals surface area contributed by atoms with Gasteiger partial charge in [-0.2, -0.15) is 0 Å². The fourth-order valence-electron chi connectivity index (χ4n) is 4.95. The Hall–Kier alpha value is -5.71. The number of aromatic nitrogens is 1. The van der Waals surface area contributed by atoms with Crippen molar-refractivity contribution < 1.29 is 19.1 Å². The predicted octanol–water partition coefficient (Wildman–Crippen LogP) is 8.79. The molecule has 0 saturated heterocycles. The molecule has 0 radical (unpaired) electrons. The molecule has 0 aliphatic rings. The van der Waals surface area contributed by atoms with Crippen molar-refractivity contribution in [1.82, 2.24) is 10.3 Å². The van der Waals surface area contributed by atoms with Crippen molar-refractivity contribution in [3.8, 4) is 5.75 Å². The van der Waals surface area contributed by atoms with Crippen LogP contribution >= 0.6 is 23.1 Å². The van der Waals surface area contributed by atoms with Crippen molar-refractivity contribution >= 4 is 67.9 Å². The van der Waals surface area contributed by atoms with Crippen LogP contribution < -0.4 is 20.7 Å². The summed E-state index contributed by atoms with van der Waals surface area (Å²) in [6.45, 7) is 2.39. The van der Waals surface area contributed by atoms with E-state index < -0.39 is 11.8 Å². The zero-order valence-corrected chi connectivity index (χ0v) is 28.8. The van der Waals surface area contributed by atoms with Crippen LogP contribution in [-0.2, 0) is 16.2 Å². The summed E-state index contributed by atoms with van der Waals surface area (Å²) >= 11 is 2.84. The SMILES string of the molecule is CCC(Sc1cccc(NC(=O)/C(=C/c2ccc(OCc3ccccc3)cc2)NC(=O)c2ccccc2)c1)C(=O)Nc1nc2ccccc2s1. The molecule has 0 bridgehead atoms. The number of carbonyl (C=O) groups excluding carboxylic acids is 3. The third kappa shape index (κ3) is 9.25. The highest BCUT2D eigenvalue weighted by Gasteiger charge is 2.20. The molecule has 1 atom stereocenters. The highest BCUT2D eigenvalue weighted by atomic mass is 32.2. The first-order valence-corrected chi connectivity index (χ1v) is 17.7. The lowest BCUT2D eigenvalue weighted by Gasteiger charge is -2.15. The molecule has 6 rings (SSSR count). The molecule has 3 amide bonds. The Morgan fingerprint density at radius 2 is 1.54 bits per heavy atom. The molecule has 1 aromatic heterocycles. The Bertz CT molecular complexity index is 2080. The summed E-state index contributed by atoms with van der Waals surface area (Å²) in [6, 6.07) is 40.9. The largest absolute Gasteiger partial charge is 0.489 e. The minimum absolute atomic E-state index is 0.0662. The van der Waals surface area contributed by atoms with Gasteiger partial charge in [-0.1, -0.05) is 97.1 Å². The minimum Gasteiger partial charge on any atom is -0.489 e. The summed E-state index contributed by atoms with van der Waals surface area (Å²) in [5.41, 5.74) is 3.60.